The lowest BCUT2D eigenvalue weighted by Crippen LogP contribution is -2.11. The van der Waals surface area contributed by atoms with Crippen LogP contribution in [0.1, 0.15) is 37.0 Å². The van der Waals surface area contributed by atoms with Crippen LogP contribution in [-0.2, 0) is 9.47 Å². The number of methoxy groups -OCH3 is 1. The summed E-state index contributed by atoms with van der Waals surface area (Å²) in [7, 11) is 1.36. The van der Waals surface area contributed by atoms with Gasteiger partial charge in [-0.25, -0.2) is 4.79 Å². The number of hydrogen-bond acceptors (Lipinski definition) is 5. The van der Waals surface area contributed by atoms with Crippen molar-refractivity contribution in [2.75, 3.05) is 31.3 Å². The van der Waals surface area contributed by atoms with Gasteiger partial charge >= 0.3 is 5.97 Å². The summed E-state index contributed by atoms with van der Waals surface area (Å²) in [6, 6.07) is 5.18. The van der Waals surface area contributed by atoms with Crippen molar-refractivity contribution in [1.82, 2.24) is 0 Å². The van der Waals surface area contributed by atoms with Gasteiger partial charge in [-0.3, -0.25) is 0 Å². The van der Waals surface area contributed by atoms with E-state index < -0.39 is 0 Å². The van der Waals surface area contributed by atoms with E-state index in [-0.39, 0.29) is 12.1 Å². The fourth-order valence-corrected chi connectivity index (χ4v) is 1.76. The number of benzene rings is 1. The minimum absolute atomic E-state index is 0.269. The Bertz CT molecular complexity index is 433. The first kappa shape index (κ1) is 16.3. The molecule has 0 unspecified atom stereocenters. The average Bonchev–Trinajstić information content (AvgIpc) is 2.42. The number of esters is 1. The van der Waals surface area contributed by atoms with E-state index in [4.69, 9.17) is 15.2 Å². The Morgan fingerprint density at radius 2 is 2.10 bits per heavy atom. The van der Waals surface area contributed by atoms with Crippen LogP contribution in [0.4, 0.5) is 11.4 Å². The number of nitrogens with one attached hydrogen (secondary N) is 1. The van der Waals surface area contributed by atoms with Crippen LogP contribution in [-0.4, -0.2) is 32.3 Å². The minimum atomic E-state index is -0.386. The van der Waals surface area contributed by atoms with Crippen LogP contribution in [0, 0.1) is 0 Å². The van der Waals surface area contributed by atoms with Crippen molar-refractivity contribution in [1.29, 1.82) is 0 Å². The van der Waals surface area contributed by atoms with Gasteiger partial charge in [0.05, 0.1) is 18.8 Å². The molecule has 0 saturated carbocycles. The number of ether oxygens (including phenoxy) is 2. The van der Waals surface area contributed by atoms with Gasteiger partial charge in [0.25, 0.3) is 0 Å². The molecule has 0 aliphatic rings. The monoisotopic (exact) mass is 280 g/mol. The molecule has 0 saturated heterocycles. The highest BCUT2D eigenvalue weighted by Crippen LogP contribution is 2.19. The molecule has 0 bridgehead atoms. The first-order chi connectivity index (χ1) is 9.54. The fraction of sp³-hybridized carbons (Fsp3) is 0.533. The second-order valence-corrected chi connectivity index (χ2v) is 4.85. The van der Waals surface area contributed by atoms with Crippen LogP contribution in [0.5, 0.6) is 0 Å². The van der Waals surface area contributed by atoms with Gasteiger partial charge in [-0.15, -0.1) is 0 Å². The van der Waals surface area contributed by atoms with Gasteiger partial charge in [-0.05, 0) is 44.9 Å². The van der Waals surface area contributed by atoms with Gasteiger partial charge < -0.3 is 20.5 Å². The van der Waals surface area contributed by atoms with E-state index in [0.717, 1.165) is 31.7 Å². The molecular formula is C15H24N2O3. The van der Waals surface area contributed by atoms with Gasteiger partial charge in [0.15, 0.2) is 0 Å². The number of nitrogens with two attached hydrogens (primary N) is 1. The van der Waals surface area contributed by atoms with Crippen molar-refractivity contribution < 1.29 is 14.3 Å². The third-order valence-corrected chi connectivity index (χ3v) is 2.79. The lowest BCUT2D eigenvalue weighted by atomic mass is 10.1. The number of anilines is 2. The Morgan fingerprint density at radius 3 is 2.75 bits per heavy atom. The second-order valence-electron chi connectivity index (χ2n) is 4.85. The molecule has 0 aliphatic carbocycles. The Hall–Kier alpha value is -1.75. The molecule has 5 heteroatoms. The average molecular weight is 280 g/mol. The number of hydrogen-bond donors (Lipinski definition) is 2. The van der Waals surface area contributed by atoms with E-state index in [1.54, 1.807) is 18.2 Å². The largest absolute Gasteiger partial charge is 0.465 e. The van der Waals surface area contributed by atoms with Gasteiger partial charge in [0, 0.05) is 24.5 Å². The number of nitrogen functional groups attached to an aromatic ring is 1. The lowest BCUT2D eigenvalue weighted by Gasteiger charge is -2.12. The third kappa shape index (κ3) is 5.48. The molecule has 1 rings (SSSR count). The highest BCUT2D eigenvalue weighted by Gasteiger charge is 2.11. The molecule has 0 aromatic heterocycles. The van der Waals surface area contributed by atoms with E-state index >= 15 is 0 Å². The van der Waals surface area contributed by atoms with Crippen LogP contribution in [0.15, 0.2) is 18.2 Å². The molecule has 0 spiro atoms. The van der Waals surface area contributed by atoms with Crippen LogP contribution < -0.4 is 11.1 Å². The first-order valence-electron chi connectivity index (χ1n) is 6.88. The summed E-state index contributed by atoms with van der Waals surface area (Å²) < 4.78 is 10.2. The molecule has 5 nitrogen and oxygen atoms in total. The first-order valence-corrected chi connectivity index (χ1v) is 6.88. The molecular weight excluding hydrogens is 256 g/mol. The summed E-state index contributed by atoms with van der Waals surface area (Å²) in [5.41, 5.74) is 7.44. The standard InChI is InChI=1S/C15H24N2O3/c1-11(2)20-9-5-4-8-17-14-7-6-12(16)10-13(14)15(18)19-3/h6-7,10-11,17H,4-5,8-9,16H2,1-3H3. The molecule has 0 fully saturated rings. The summed E-state index contributed by atoms with van der Waals surface area (Å²) in [5, 5.41) is 3.23. The normalized spacial score (nSPS) is 10.6. The molecule has 0 radical (unpaired) electrons. The quantitative estimate of drug-likeness (QED) is 0.435. The summed E-state index contributed by atoms with van der Waals surface area (Å²) in [5.74, 6) is -0.386. The summed E-state index contributed by atoms with van der Waals surface area (Å²) in [6.07, 6.45) is 2.22. The van der Waals surface area contributed by atoms with E-state index in [2.05, 4.69) is 5.32 Å². The maximum atomic E-state index is 11.7. The number of rotatable bonds is 8. The zero-order valence-corrected chi connectivity index (χ0v) is 12.4. The molecule has 0 aliphatic heterocycles. The van der Waals surface area contributed by atoms with Gasteiger partial charge in [0.1, 0.15) is 0 Å². The van der Waals surface area contributed by atoms with Crippen LogP contribution in [0.3, 0.4) is 0 Å². The van der Waals surface area contributed by atoms with Crippen molar-refractivity contribution in [3.8, 4) is 0 Å². The number of unbranched alkanes of at least 4 members (excludes halogenated alkanes) is 1. The van der Waals surface area contributed by atoms with Gasteiger partial charge in [0.2, 0.25) is 0 Å². The van der Waals surface area contributed by atoms with Gasteiger partial charge in [-0.1, -0.05) is 0 Å². The van der Waals surface area contributed by atoms with Gasteiger partial charge in [-0.2, -0.15) is 0 Å². The Labute approximate surface area is 120 Å². The van der Waals surface area contributed by atoms with Crippen molar-refractivity contribution in [3.63, 3.8) is 0 Å². The molecule has 0 heterocycles. The minimum Gasteiger partial charge on any atom is -0.465 e. The number of carbonyl (C=O) groups is 1. The van der Waals surface area contributed by atoms with Crippen molar-refractivity contribution in [2.45, 2.75) is 32.8 Å². The lowest BCUT2D eigenvalue weighted by molar-refractivity contribution is 0.0601. The van der Waals surface area contributed by atoms with Crippen LogP contribution in [0.2, 0.25) is 0 Å². The highest BCUT2D eigenvalue weighted by atomic mass is 16.5. The Balaban J connectivity index is 2.45. The predicted octanol–water partition coefficient (Wildman–Crippen LogP) is 2.67. The maximum absolute atomic E-state index is 11.7. The van der Waals surface area contributed by atoms with E-state index in [1.807, 2.05) is 13.8 Å². The molecule has 1 aromatic carbocycles. The third-order valence-electron chi connectivity index (χ3n) is 2.79. The van der Waals surface area contributed by atoms with E-state index in [0.29, 0.717) is 11.3 Å². The summed E-state index contributed by atoms with van der Waals surface area (Å²) in [6.45, 7) is 5.57. The zero-order valence-electron chi connectivity index (χ0n) is 12.4. The molecule has 0 atom stereocenters. The molecule has 112 valence electrons. The van der Waals surface area contributed by atoms with Crippen LogP contribution in [0.25, 0.3) is 0 Å². The molecule has 3 N–H and O–H groups in total. The van der Waals surface area contributed by atoms with E-state index in [1.165, 1.54) is 7.11 Å². The Kier molecular flexibility index (Phi) is 6.87. The maximum Gasteiger partial charge on any atom is 0.340 e. The smallest absolute Gasteiger partial charge is 0.340 e. The second kappa shape index (κ2) is 8.43. The topological polar surface area (TPSA) is 73.6 Å². The molecule has 0 amide bonds. The number of carbonyl (C=O) groups excluding carboxylic acids is 1. The van der Waals surface area contributed by atoms with Crippen molar-refractivity contribution >= 4 is 17.3 Å². The fourth-order valence-electron chi connectivity index (χ4n) is 1.76. The summed E-state index contributed by atoms with van der Waals surface area (Å²) in [4.78, 5) is 11.7. The SMILES string of the molecule is COC(=O)c1cc(N)ccc1NCCCCOC(C)C. The Morgan fingerprint density at radius 1 is 1.35 bits per heavy atom. The highest BCUT2D eigenvalue weighted by molar-refractivity contribution is 5.96. The predicted molar refractivity (Wildman–Crippen MR) is 81.0 cm³/mol. The van der Waals surface area contributed by atoms with Crippen molar-refractivity contribution in [3.05, 3.63) is 23.8 Å². The summed E-state index contributed by atoms with van der Waals surface area (Å²) >= 11 is 0. The van der Waals surface area contributed by atoms with Crippen LogP contribution >= 0.6 is 0 Å². The van der Waals surface area contributed by atoms with Crippen molar-refractivity contribution in [2.24, 2.45) is 0 Å². The molecule has 20 heavy (non-hydrogen) atoms. The molecule has 1 aromatic rings. The zero-order chi connectivity index (χ0) is 15.0. The van der Waals surface area contributed by atoms with E-state index in [9.17, 15) is 4.79 Å².